The first-order valence-electron chi connectivity index (χ1n) is 6.03. The third-order valence-corrected chi connectivity index (χ3v) is 2.87. The molecule has 0 radical (unpaired) electrons. The summed E-state index contributed by atoms with van der Waals surface area (Å²) in [5.74, 6) is 0.842. The number of ether oxygens (including phenoxy) is 1. The highest BCUT2D eigenvalue weighted by atomic mass is 16.5. The van der Waals surface area contributed by atoms with E-state index in [0.29, 0.717) is 24.9 Å². The summed E-state index contributed by atoms with van der Waals surface area (Å²) in [5, 5.41) is 9.65. The summed E-state index contributed by atoms with van der Waals surface area (Å²) in [4.78, 5) is 16.1. The molecule has 18 heavy (non-hydrogen) atoms. The Kier molecular flexibility index (Phi) is 3.93. The molecule has 0 bridgehead atoms. The molecule has 0 spiro atoms. The van der Waals surface area contributed by atoms with Crippen molar-refractivity contribution in [1.29, 1.82) is 0 Å². The second-order valence-corrected chi connectivity index (χ2v) is 4.42. The lowest BCUT2D eigenvalue weighted by molar-refractivity contribution is -0.129. The van der Waals surface area contributed by atoms with E-state index in [1.54, 1.807) is 13.8 Å². The molecule has 2 rings (SSSR count). The van der Waals surface area contributed by atoms with E-state index in [1.807, 2.05) is 6.92 Å². The normalized spacial score (nSPS) is 25.7. The van der Waals surface area contributed by atoms with Crippen LogP contribution in [-0.4, -0.2) is 41.3 Å². The van der Waals surface area contributed by atoms with Crippen LogP contribution in [0.1, 0.15) is 31.6 Å². The van der Waals surface area contributed by atoms with Crippen LogP contribution in [0.25, 0.3) is 0 Å². The number of morpholine rings is 1. The smallest absolute Gasteiger partial charge is 0.248 e. The Bertz CT molecular complexity index is 420. The number of amides is 1. The van der Waals surface area contributed by atoms with Crippen molar-refractivity contribution in [1.82, 2.24) is 20.8 Å². The fraction of sp³-hybridized carbons (Fsp3) is 0.727. The van der Waals surface area contributed by atoms with E-state index in [-0.39, 0.29) is 24.1 Å². The Labute approximate surface area is 105 Å². The molecule has 100 valence electrons. The zero-order valence-electron chi connectivity index (χ0n) is 10.8. The lowest BCUT2D eigenvalue weighted by atomic mass is 10.1. The number of rotatable bonds is 3. The highest BCUT2D eigenvalue weighted by molar-refractivity contribution is 5.82. The minimum atomic E-state index is -0.342. The van der Waals surface area contributed by atoms with Crippen LogP contribution in [0.4, 0.5) is 0 Å². The zero-order valence-corrected chi connectivity index (χ0v) is 10.8. The van der Waals surface area contributed by atoms with Gasteiger partial charge in [-0.2, -0.15) is 4.98 Å². The molecule has 0 saturated carbocycles. The largest absolute Gasteiger partial charge is 0.375 e. The van der Waals surface area contributed by atoms with Crippen molar-refractivity contribution < 1.29 is 14.1 Å². The molecule has 1 aliphatic rings. The van der Waals surface area contributed by atoms with Gasteiger partial charge in [-0.3, -0.25) is 4.79 Å². The second-order valence-electron chi connectivity index (χ2n) is 4.42. The standard InChI is InChI=1S/C11H18N4O3/c1-6(11-14-8(3)15-18-11)13-10(16)9-7(2)17-5-4-12-9/h6-7,9,12H,4-5H2,1-3H3,(H,13,16)/t6?,7-,9+/m1/s1. The van der Waals surface area contributed by atoms with Gasteiger partial charge in [-0.1, -0.05) is 5.16 Å². The van der Waals surface area contributed by atoms with Crippen LogP contribution in [0, 0.1) is 6.92 Å². The highest BCUT2D eigenvalue weighted by Gasteiger charge is 2.29. The Morgan fingerprint density at radius 2 is 2.39 bits per heavy atom. The van der Waals surface area contributed by atoms with Gasteiger partial charge in [0, 0.05) is 6.54 Å². The van der Waals surface area contributed by atoms with Gasteiger partial charge in [-0.25, -0.2) is 0 Å². The summed E-state index contributed by atoms with van der Waals surface area (Å²) in [5.41, 5.74) is 0. The van der Waals surface area contributed by atoms with Gasteiger partial charge in [-0.15, -0.1) is 0 Å². The maximum absolute atomic E-state index is 12.1. The van der Waals surface area contributed by atoms with Crippen LogP contribution in [0.5, 0.6) is 0 Å². The molecular weight excluding hydrogens is 236 g/mol. The van der Waals surface area contributed by atoms with Gasteiger partial charge in [0.05, 0.1) is 12.7 Å². The minimum Gasteiger partial charge on any atom is -0.375 e. The van der Waals surface area contributed by atoms with E-state index in [1.165, 1.54) is 0 Å². The Balaban J connectivity index is 1.94. The van der Waals surface area contributed by atoms with Gasteiger partial charge in [0.15, 0.2) is 5.82 Å². The van der Waals surface area contributed by atoms with Crippen LogP contribution in [-0.2, 0) is 9.53 Å². The molecule has 1 unspecified atom stereocenters. The molecule has 1 amide bonds. The Morgan fingerprint density at radius 1 is 1.61 bits per heavy atom. The molecule has 1 aliphatic heterocycles. The molecular formula is C11H18N4O3. The lowest BCUT2D eigenvalue weighted by Crippen LogP contribution is -2.55. The van der Waals surface area contributed by atoms with E-state index in [2.05, 4.69) is 20.8 Å². The summed E-state index contributed by atoms with van der Waals surface area (Å²) >= 11 is 0. The van der Waals surface area contributed by atoms with Crippen LogP contribution in [0.2, 0.25) is 0 Å². The van der Waals surface area contributed by atoms with Crippen molar-refractivity contribution in [2.45, 2.75) is 39.0 Å². The minimum absolute atomic E-state index is 0.120. The third kappa shape index (κ3) is 2.85. The highest BCUT2D eigenvalue weighted by Crippen LogP contribution is 2.11. The first-order valence-corrected chi connectivity index (χ1v) is 6.03. The molecule has 7 heteroatoms. The van der Waals surface area contributed by atoms with Crippen molar-refractivity contribution in [3.8, 4) is 0 Å². The molecule has 0 aliphatic carbocycles. The molecule has 1 aromatic heterocycles. The summed E-state index contributed by atoms with van der Waals surface area (Å²) in [6.07, 6.45) is -0.143. The Hall–Kier alpha value is -1.47. The number of nitrogens with one attached hydrogen (secondary N) is 2. The van der Waals surface area contributed by atoms with Crippen molar-refractivity contribution in [2.75, 3.05) is 13.2 Å². The maximum Gasteiger partial charge on any atom is 0.248 e. The molecule has 1 aromatic rings. The number of carbonyl (C=O) groups excluding carboxylic acids is 1. The number of aryl methyl sites for hydroxylation is 1. The maximum atomic E-state index is 12.1. The fourth-order valence-electron chi connectivity index (χ4n) is 1.88. The van der Waals surface area contributed by atoms with E-state index in [0.717, 1.165) is 0 Å². The first-order chi connectivity index (χ1) is 8.58. The SMILES string of the molecule is Cc1noc(C(C)NC(=O)[C@H]2NCCO[C@@H]2C)n1. The number of hydrogen-bond donors (Lipinski definition) is 2. The molecule has 0 aromatic carbocycles. The van der Waals surface area contributed by atoms with E-state index < -0.39 is 0 Å². The van der Waals surface area contributed by atoms with Gasteiger partial charge in [0.25, 0.3) is 0 Å². The van der Waals surface area contributed by atoms with Crippen molar-refractivity contribution in [3.05, 3.63) is 11.7 Å². The zero-order chi connectivity index (χ0) is 13.1. The Morgan fingerprint density at radius 3 is 3.00 bits per heavy atom. The number of aromatic nitrogens is 2. The molecule has 1 saturated heterocycles. The second kappa shape index (κ2) is 5.45. The summed E-state index contributed by atoms with van der Waals surface area (Å²) < 4.78 is 10.4. The van der Waals surface area contributed by atoms with Crippen LogP contribution in [0.3, 0.4) is 0 Å². The number of carbonyl (C=O) groups is 1. The van der Waals surface area contributed by atoms with Crippen molar-refractivity contribution >= 4 is 5.91 Å². The topological polar surface area (TPSA) is 89.3 Å². The lowest BCUT2D eigenvalue weighted by Gasteiger charge is -2.29. The number of hydrogen-bond acceptors (Lipinski definition) is 6. The van der Waals surface area contributed by atoms with Gasteiger partial charge in [0.2, 0.25) is 11.8 Å². The molecule has 1 fully saturated rings. The van der Waals surface area contributed by atoms with Gasteiger partial charge >= 0.3 is 0 Å². The fourth-order valence-corrected chi connectivity index (χ4v) is 1.88. The quantitative estimate of drug-likeness (QED) is 0.785. The first kappa shape index (κ1) is 13.0. The van der Waals surface area contributed by atoms with Crippen molar-refractivity contribution in [3.63, 3.8) is 0 Å². The van der Waals surface area contributed by atoms with Gasteiger partial charge in [0.1, 0.15) is 12.1 Å². The van der Waals surface area contributed by atoms with Crippen molar-refractivity contribution in [2.24, 2.45) is 0 Å². The van der Waals surface area contributed by atoms with Gasteiger partial charge in [-0.05, 0) is 20.8 Å². The average Bonchev–Trinajstić information content (AvgIpc) is 2.76. The van der Waals surface area contributed by atoms with Gasteiger partial charge < -0.3 is 19.9 Å². The predicted molar refractivity (Wildman–Crippen MR) is 62.8 cm³/mol. The third-order valence-electron chi connectivity index (χ3n) is 2.87. The summed E-state index contributed by atoms with van der Waals surface area (Å²) in [7, 11) is 0. The molecule has 3 atom stereocenters. The monoisotopic (exact) mass is 254 g/mol. The van der Waals surface area contributed by atoms with E-state index >= 15 is 0 Å². The summed E-state index contributed by atoms with van der Waals surface area (Å²) in [6, 6.07) is -0.653. The average molecular weight is 254 g/mol. The summed E-state index contributed by atoms with van der Waals surface area (Å²) in [6.45, 7) is 6.72. The van der Waals surface area contributed by atoms with E-state index in [9.17, 15) is 4.79 Å². The van der Waals surface area contributed by atoms with Crippen LogP contribution >= 0.6 is 0 Å². The molecule has 2 heterocycles. The van der Waals surface area contributed by atoms with Crippen LogP contribution in [0.15, 0.2) is 4.52 Å². The predicted octanol–water partition coefficient (Wildman–Crippen LogP) is -0.0679. The molecule has 7 nitrogen and oxygen atoms in total. The molecule has 2 N–H and O–H groups in total. The van der Waals surface area contributed by atoms with Crippen LogP contribution < -0.4 is 10.6 Å². The van der Waals surface area contributed by atoms with E-state index in [4.69, 9.17) is 9.26 Å². The number of nitrogens with zero attached hydrogens (tertiary/aromatic N) is 2.